The molecule has 3 aromatic rings. The first-order valence-electron chi connectivity index (χ1n) is 8.83. The van der Waals surface area contributed by atoms with Crippen molar-refractivity contribution >= 4 is 5.69 Å². The Kier molecular flexibility index (Phi) is 4.58. The van der Waals surface area contributed by atoms with Crippen LogP contribution in [-0.4, -0.2) is 46.3 Å². The van der Waals surface area contributed by atoms with Crippen LogP contribution in [0.1, 0.15) is 11.5 Å². The summed E-state index contributed by atoms with van der Waals surface area (Å²) in [4.78, 5) is 9.17. The van der Waals surface area contributed by atoms with Crippen molar-refractivity contribution in [1.82, 2.24) is 15.0 Å². The van der Waals surface area contributed by atoms with E-state index in [1.54, 1.807) is 12.1 Å². The van der Waals surface area contributed by atoms with E-state index in [1.165, 1.54) is 5.56 Å². The molecule has 0 radical (unpaired) electrons. The maximum absolute atomic E-state index is 9.41. The van der Waals surface area contributed by atoms with Crippen molar-refractivity contribution in [2.45, 2.75) is 13.5 Å². The summed E-state index contributed by atoms with van der Waals surface area (Å²) in [7, 11) is 0. The second kappa shape index (κ2) is 7.17. The molecule has 134 valence electrons. The van der Waals surface area contributed by atoms with Gasteiger partial charge < -0.3 is 14.5 Å². The summed E-state index contributed by atoms with van der Waals surface area (Å²) in [6.07, 6.45) is 0. The number of anilines is 1. The molecule has 0 saturated carbocycles. The molecule has 0 atom stereocenters. The number of aromatic hydroxyl groups is 1. The highest BCUT2D eigenvalue weighted by Crippen LogP contribution is 2.21. The number of benzene rings is 2. The van der Waals surface area contributed by atoms with E-state index in [0.717, 1.165) is 37.4 Å². The molecule has 4 rings (SSSR count). The zero-order valence-corrected chi connectivity index (χ0v) is 14.8. The summed E-state index contributed by atoms with van der Waals surface area (Å²) >= 11 is 0. The molecule has 0 bridgehead atoms. The van der Waals surface area contributed by atoms with E-state index >= 15 is 0 Å². The van der Waals surface area contributed by atoms with Crippen molar-refractivity contribution in [2.75, 3.05) is 31.1 Å². The minimum Gasteiger partial charge on any atom is -0.508 e. The lowest BCUT2D eigenvalue weighted by atomic mass is 10.1. The molecule has 0 amide bonds. The van der Waals surface area contributed by atoms with E-state index in [9.17, 15) is 5.11 Å². The van der Waals surface area contributed by atoms with Crippen molar-refractivity contribution in [2.24, 2.45) is 0 Å². The Labute approximate surface area is 152 Å². The van der Waals surface area contributed by atoms with E-state index in [0.29, 0.717) is 24.0 Å². The third-order valence-corrected chi connectivity index (χ3v) is 4.72. The highest BCUT2D eigenvalue weighted by Gasteiger charge is 2.19. The summed E-state index contributed by atoms with van der Waals surface area (Å²) in [5, 5.41) is 13.5. The quantitative estimate of drug-likeness (QED) is 0.780. The summed E-state index contributed by atoms with van der Waals surface area (Å²) in [6.45, 7) is 6.46. The van der Waals surface area contributed by atoms with Crippen molar-refractivity contribution in [3.63, 3.8) is 0 Å². The van der Waals surface area contributed by atoms with Gasteiger partial charge in [0, 0.05) is 37.4 Å². The summed E-state index contributed by atoms with van der Waals surface area (Å²) in [5.41, 5.74) is 3.33. The maximum atomic E-state index is 9.41. The van der Waals surface area contributed by atoms with E-state index < -0.39 is 0 Å². The molecule has 0 unspecified atom stereocenters. The molecule has 1 N–H and O–H groups in total. The maximum Gasteiger partial charge on any atom is 0.241 e. The predicted octanol–water partition coefficient (Wildman–Crippen LogP) is 3.07. The van der Waals surface area contributed by atoms with Gasteiger partial charge in [-0.25, -0.2) is 0 Å². The highest BCUT2D eigenvalue weighted by molar-refractivity contribution is 5.54. The van der Waals surface area contributed by atoms with Gasteiger partial charge in [-0.3, -0.25) is 4.90 Å². The van der Waals surface area contributed by atoms with Crippen molar-refractivity contribution in [3.8, 4) is 17.1 Å². The standard InChI is InChI=1S/C20H22N4O2/c1-15-2-4-16(5-3-15)20-21-19(26-22-20)14-23-10-12-24(13-11-23)17-6-8-18(25)9-7-17/h2-9,25H,10-14H2,1H3. The number of hydrogen-bond acceptors (Lipinski definition) is 6. The first kappa shape index (κ1) is 16.6. The van der Waals surface area contributed by atoms with Crippen molar-refractivity contribution in [3.05, 3.63) is 60.0 Å². The average molecular weight is 350 g/mol. The van der Waals surface area contributed by atoms with Gasteiger partial charge in [0.25, 0.3) is 0 Å². The highest BCUT2D eigenvalue weighted by atomic mass is 16.5. The normalized spacial score (nSPS) is 15.3. The van der Waals surface area contributed by atoms with Gasteiger partial charge in [-0.2, -0.15) is 4.98 Å². The van der Waals surface area contributed by atoms with Crippen molar-refractivity contribution in [1.29, 1.82) is 0 Å². The molecule has 6 heteroatoms. The van der Waals surface area contributed by atoms with Gasteiger partial charge in [0.1, 0.15) is 5.75 Å². The molecule has 2 aromatic carbocycles. The van der Waals surface area contributed by atoms with Gasteiger partial charge in [-0.1, -0.05) is 35.0 Å². The van der Waals surface area contributed by atoms with Gasteiger partial charge in [0.2, 0.25) is 11.7 Å². The fourth-order valence-electron chi connectivity index (χ4n) is 3.16. The monoisotopic (exact) mass is 350 g/mol. The minimum atomic E-state index is 0.299. The zero-order valence-electron chi connectivity index (χ0n) is 14.8. The molecule has 2 heterocycles. The number of nitrogens with zero attached hydrogens (tertiary/aromatic N) is 4. The largest absolute Gasteiger partial charge is 0.508 e. The van der Waals surface area contributed by atoms with Gasteiger partial charge in [0.15, 0.2) is 0 Å². The summed E-state index contributed by atoms with van der Waals surface area (Å²) in [6, 6.07) is 15.5. The molecular weight excluding hydrogens is 328 g/mol. The Bertz CT molecular complexity index is 850. The topological polar surface area (TPSA) is 65.6 Å². The molecule has 1 aliphatic rings. The molecule has 0 spiro atoms. The first-order chi connectivity index (χ1) is 12.7. The number of rotatable bonds is 4. The first-order valence-corrected chi connectivity index (χ1v) is 8.83. The zero-order chi connectivity index (χ0) is 17.9. The van der Waals surface area contributed by atoms with Gasteiger partial charge >= 0.3 is 0 Å². The average Bonchev–Trinajstić information content (AvgIpc) is 3.12. The van der Waals surface area contributed by atoms with Crippen molar-refractivity contribution < 1.29 is 9.63 Å². The van der Waals surface area contributed by atoms with E-state index in [2.05, 4.69) is 26.9 Å². The fourth-order valence-corrected chi connectivity index (χ4v) is 3.16. The Hall–Kier alpha value is -2.86. The second-order valence-corrected chi connectivity index (χ2v) is 6.66. The van der Waals surface area contributed by atoms with E-state index in [4.69, 9.17) is 4.52 Å². The molecule has 1 fully saturated rings. The molecule has 1 aliphatic heterocycles. The third-order valence-electron chi connectivity index (χ3n) is 4.72. The molecule has 26 heavy (non-hydrogen) atoms. The Balaban J connectivity index is 1.34. The van der Waals surface area contributed by atoms with E-state index in [-0.39, 0.29) is 0 Å². The lowest BCUT2D eigenvalue weighted by Crippen LogP contribution is -2.46. The summed E-state index contributed by atoms with van der Waals surface area (Å²) in [5.74, 6) is 1.59. The third kappa shape index (κ3) is 3.70. The number of piperazine rings is 1. The van der Waals surface area contributed by atoms with Crippen LogP contribution < -0.4 is 4.90 Å². The summed E-state index contributed by atoms with van der Waals surface area (Å²) < 4.78 is 5.43. The van der Waals surface area contributed by atoms with Crippen LogP contribution in [0.15, 0.2) is 53.1 Å². The predicted molar refractivity (Wildman–Crippen MR) is 100 cm³/mol. The van der Waals surface area contributed by atoms with Crippen LogP contribution in [0.5, 0.6) is 5.75 Å². The van der Waals surface area contributed by atoms with E-state index in [1.807, 2.05) is 36.4 Å². The lowest BCUT2D eigenvalue weighted by Gasteiger charge is -2.35. The molecule has 1 saturated heterocycles. The van der Waals surface area contributed by atoms with Crippen LogP contribution >= 0.6 is 0 Å². The van der Waals surface area contributed by atoms with Gasteiger partial charge in [-0.15, -0.1) is 0 Å². The SMILES string of the molecule is Cc1ccc(-c2noc(CN3CCN(c4ccc(O)cc4)CC3)n2)cc1. The Morgan fingerprint density at radius 2 is 1.65 bits per heavy atom. The lowest BCUT2D eigenvalue weighted by molar-refractivity contribution is 0.215. The number of aryl methyl sites for hydroxylation is 1. The number of aromatic nitrogens is 2. The van der Waals surface area contributed by atoms with Gasteiger partial charge in [-0.05, 0) is 31.2 Å². The molecule has 0 aliphatic carbocycles. The number of phenolic OH excluding ortho intramolecular Hbond substituents is 1. The fraction of sp³-hybridized carbons (Fsp3) is 0.300. The molecule has 6 nitrogen and oxygen atoms in total. The Morgan fingerprint density at radius 1 is 0.962 bits per heavy atom. The van der Waals surface area contributed by atoms with Crippen LogP contribution in [0.25, 0.3) is 11.4 Å². The Morgan fingerprint density at radius 3 is 2.35 bits per heavy atom. The molecule has 1 aromatic heterocycles. The number of phenols is 1. The molecular formula is C20H22N4O2. The van der Waals surface area contributed by atoms with Crippen LogP contribution in [-0.2, 0) is 6.54 Å². The minimum absolute atomic E-state index is 0.299. The van der Waals surface area contributed by atoms with Crippen LogP contribution in [0.3, 0.4) is 0 Å². The van der Waals surface area contributed by atoms with Crippen LogP contribution in [0, 0.1) is 6.92 Å². The smallest absolute Gasteiger partial charge is 0.241 e. The van der Waals surface area contributed by atoms with Gasteiger partial charge in [0.05, 0.1) is 6.54 Å². The number of hydrogen-bond donors (Lipinski definition) is 1. The second-order valence-electron chi connectivity index (χ2n) is 6.66. The van der Waals surface area contributed by atoms with Crippen LogP contribution in [0.2, 0.25) is 0 Å². The van der Waals surface area contributed by atoms with Crippen LogP contribution in [0.4, 0.5) is 5.69 Å².